The number of aromatic nitrogens is 3. The Hall–Kier alpha value is -3.25. The van der Waals surface area contributed by atoms with Gasteiger partial charge in [-0.15, -0.1) is 0 Å². The zero-order chi connectivity index (χ0) is 19.8. The fraction of sp³-hybridized carbons (Fsp3) is 0.429. The van der Waals surface area contributed by atoms with Crippen LogP contribution in [0.3, 0.4) is 0 Å². The molecule has 10 nitrogen and oxygen atoms in total. The van der Waals surface area contributed by atoms with Crippen molar-refractivity contribution >= 4 is 17.1 Å². The lowest BCUT2D eigenvalue weighted by atomic mass is 10.0. The summed E-state index contributed by atoms with van der Waals surface area (Å²) >= 11 is 0. The van der Waals surface area contributed by atoms with Gasteiger partial charge in [0, 0.05) is 25.2 Å². The molecule has 0 bridgehead atoms. The molecule has 1 aliphatic rings. The molecule has 2 heterocycles. The molecule has 0 N–H and O–H groups in total. The highest BCUT2D eigenvalue weighted by atomic mass is 19.4. The number of nitro benzene ring substituents is 2. The maximum atomic E-state index is 13.0. The molecule has 0 unspecified atom stereocenters. The summed E-state index contributed by atoms with van der Waals surface area (Å²) in [6, 6.07) is 0.633. The van der Waals surface area contributed by atoms with E-state index in [-0.39, 0.29) is 19.1 Å². The Bertz CT molecular complexity index is 827. The van der Waals surface area contributed by atoms with Crippen LogP contribution in [0.25, 0.3) is 0 Å². The molecule has 0 aliphatic carbocycles. The third kappa shape index (κ3) is 3.66. The zero-order valence-electron chi connectivity index (χ0n) is 13.7. The van der Waals surface area contributed by atoms with Gasteiger partial charge in [-0.05, 0) is 12.8 Å². The average molecular weight is 386 g/mol. The van der Waals surface area contributed by atoms with Crippen molar-refractivity contribution in [2.45, 2.75) is 25.1 Å². The summed E-state index contributed by atoms with van der Waals surface area (Å²) in [4.78, 5) is 25.8. The van der Waals surface area contributed by atoms with Crippen molar-refractivity contribution in [3.63, 3.8) is 0 Å². The van der Waals surface area contributed by atoms with Crippen molar-refractivity contribution in [1.29, 1.82) is 0 Å². The first-order valence-electron chi connectivity index (χ1n) is 7.81. The van der Waals surface area contributed by atoms with E-state index in [0.717, 1.165) is 0 Å². The molecule has 0 atom stereocenters. The molecule has 27 heavy (non-hydrogen) atoms. The van der Waals surface area contributed by atoms with Crippen LogP contribution in [0, 0.1) is 20.2 Å². The minimum atomic E-state index is -4.94. The number of halogens is 3. The Morgan fingerprint density at radius 2 is 1.63 bits per heavy atom. The molecule has 1 aliphatic heterocycles. The predicted octanol–water partition coefficient (Wildman–Crippen LogP) is 2.95. The Balaban J connectivity index is 1.99. The quantitative estimate of drug-likeness (QED) is 0.585. The third-order valence-corrected chi connectivity index (χ3v) is 4.38. The minimum absolute atomic E-state index is 0.0451. The number of anilines is 1. The summed E-state index contributed by atoms with van der Waals surface area (Å²) in [7, 11) is 0. The van der Waals surface area contributed by atoms with Gasteiger partial charge < -0.3 is 4.90 Å². The predicted molar refractivity (Wildman–Crippen MR) is 85.3 cm³/mol. The molecule has 1 aromatic carbocycles. The number of alkyl halides is 3. The molecule has 0 saturated carbocycles. The van der Waals surface area contributed by atoms with E-state index in [1.54, 1.807) is 4.68 Å². The van der Waals surface area contributed by atoms with Crippen LogP contribution in [-0.2, 0) is 6.18 Å². The standard InChI is InChI=1S/C14H13F3N6O4/c15-14(16,17)9-5-11(22(24)25)13(12(6-9)23(26)27)20-3-1-10(2-4-20)21-8-18-7-19-21/h5-8,10H,1-4H2. The molecule has 1 fully saturated rings. The molecule has 0 spiro atoms. The number of hydrogen-bond donors (Lipinski definition) is 0. The highest BCUT2D eigenvalue weighted by Gasteiger charge is 2.40. The Morgan fingerprint density at radius 1 is 1.07 bits per heavy atom. The fourth-order valence-corrected chi connectivity index (χ4v) is 3.13. The monoisotopic (exact) mass is 386 g/mol. The van der Waals surface area contributed by atoms with Crippen LogP contribution >= 0.6 is 0 Å². The number of nitro groups is 2. The summed E-state index contributed by atoms with van der Waals surface area (Å²) in [5.41, 5.74) is -3.70. The minimum Gasteiger partial charge on any atom is -0.360 e. The lowest BCUT2D eigenvalue weighted by Gasteiger charge is -2.32. The second-order valence-electron chi connectivity index (χ2n) is 5.97. The first-order chi connectivity index (χ1) is 12.7. The van der Waals surface area contributed by atoms with Gasteiger partial charge in [0.1, 0.15) is 12.7 Å². The van der Waals surface area contributed by atoms with Gasteiger partial charge in [-0.3, -0.25) is 20.2 Å². The van der Waals surface area contributed by atoms with Crippen LogP contribution in [0.5, 0.6) is 0 Å². The lowest BCUT2D eigenvalue weighted by Crippen LogP contribution is -2.35. The van der Waals surface area contributed by atoms with Crippen LogP contribution in [-0.4, -0.2) is 37.7 Å². The zero-order valence-corrected chi connectivity index (χ0v) is 13.7. The average Bonchev–Trinajstić information content (AvgIpc) is 3.14. The summed E-state index contributed by atoms with van der Waals surface area (Å²) in [6.07, 6.45) is -1.15. The fourth-order valence-electron chi connectivity index (χ4n) is 3.13. The van der Waals surface area contributed by atoms with Gasteiger partial charge in [0.25, 0.3) is 11.4 Å². The van der Waals surface area contributed by atoms with E-state index in [1.165, 1.54) is 17.6 Å². The smallest absolute Gasteiger partial charge is 0.360 e. The van der Waals surface area contributed by atoms with Crippen molar-refractivity contribution in [3.8, 4) is 0 Å². The van der Waals surface area contributed by atoms with Crippen LogP contribution in [0.4, 0.5) is 30.2 Å². The van der Waals surface area contributed by atoms with E-state index in [2.05, 4.69) is 10.1 Å². The number of benzene rings is 1. The molecule has 0 amide bonds. The number of rotatable bonds is 4. The molecule has 1 aromatic heterocycles. The van der Waals surface area contributed by atoms with Gasteiger partial charge in [0.2, 0.25) is 0 Å². The Kier molecular flexibility index (Phi) is 4.68. The van der Waals surface area contributed by atoms with E-state index >= 15 is 0 Å². The highest BCUT2D eigenvalue weighted by Crippen LogP contribution is 2.44. The van der Waals surface area contributed by atoms with Gasteiger partial charge in [0.15, 0.2) is 5.69 Å². The summed E-state index contributed by atoms with van der Waals surface area (Å²) < 4.78 is 40.6. The van der Waals surface area contributed by atoms with Crippen LogP contribution in [0.2, 0.25) is 0 Å². The van der Waals surface area contributed by atoms with E-state index < -0.39 is 38.6 Å². The molecular weight excluding hydrogens is 373 g/mol. The van der Waals surface area contributed by atoms with Gasteiger partial charge >= 0.3 is 6.18 Å². The number of hydrogen-bond acceptors (Lipinski definition) is 7. The van der Waals surface area contributed by atoms with Crippen LogP contribution < -0.4 is 4.90 Å². The molecule has 13 heteroatoms. The molecule has 1 saturated heterocycles. The van der Waals surface area contributed by atoms with E-state index in [0.29, 0.717) is 25.0 Å². The lowest BCUT2D eigenvalue weighted by molar-refractivity contribution is -0.393. The number of piperidine rings is 1. The first-order valence-corrected chi connectivity index (χ1v) is 7.81. The van der Waals surface area contributed by atoms with Gasteiger partial charge in [-0.25, -0.2) is 9.67 Å². The Labute approximate surface area is 149 Å². The maximum absolute atomic E-state index is 13.0. The van der Waals surface area contributed by atoms with Crippen molar-refractivity contribution in [3.05, 3.63) is 50.6 Å². The van der Waals surface area contributed by atoms with Gasteiger partial charge in [0.05, 0.1) is 21.5 Å². The SMILES string of the molecule is O=[N+]([O-])c1cc(C(F)(F)F)cc([N+](=O)[O-])c1N1CCC(n2cncn2)CC1. The molecule has 2 aromatic rings. The van der Waals surface area contributed by atoms with Crippen LogP contribution in [0.1, 0.15) is 24.4 Å². The highest BCUT2D eigenvalue weighted by molar-refractivity contribution is 5.76. The number of nitrogens with zero attached hydrogens (tertiary/aromatic N) is 6. The van der Waals surface area contributed by atoms with Gasteiger partial charge in [-0.2, -0.15) is 18.3 Å². The van der Waals surface area contributed by atoms with E-state index in [1.807, 2.05) is 0 Å². The van der Waals surface area contributed by atoms with Crippen LogP contribution in [0.15, 0.2) is 24.8 Å². The normalized spacial score (nSPS) is 15.7. The Morgan fingerprint density at radius 3 is 2.04 bits per heavy atom. The maximum Gasteiger partial charge on any atom is 0.416 e. The second-order valence-corrected chi connectivity index (χ2v) is 5.97. The van der Waals surface area contributed by atoms with Crippen molar-refractivity contribution < 1.29 is 23.0 Å². The largest absolute Gasteiger partial charge is 0.416 e. The van der Waals surface area contributed by atoms with Crippen molar-refractivity contribution in [2.24, 2.45) is 0 Å². The summed E-state index contributed by atoms with van der Waals surface area (Å²) in [5, 5.41) is 26.7. The van der Waals surface area contributed by atoms with Crippen molar-refractivity contribution in [1.82, 2.24) is 14.8 Å². The summed E-state index contributed by atoms with van der Waals surface area (Å²) in [5.74, 6) is 0. The van der Waals surface area contributed by atoms with E-state index in [9.17, 15) is 33.4 Å². The molecule has 0 radical (unpaired) electrons. The molecule has 144 valence electrons. The first kappa shape index (κ1) is 18.5. The molecular formula is C14H13F3N6O4. The summed E-state index contributed by atoms with van der Waals surface area (Å²) in [6.45, 7) is 0.384. The molecule has 3 rings (SSSR count). The third-order valence-electron chi connectivity index (χ3n) is 4.38. The van der Waals surface area contributed by atoms with Gasteiger partial charge in [-0.1, -0.05) is 0 Å². The van der Waals surface area contributed by atoms with E-state index in [4.69, 9.17) is 0 Å². The second kappa shape index (κ2) is 6.81. The van der Waals surface area contributed by atoms with Crippen molar-refractivity contribution in [2.75, 3.05) is 18.0 Å². The topological polar surface area (TPSA) is 120 Å².